The lowest BCUT2D eigenvalue weighted by atomic mass is 10.1. The summed E-state index contributed by atoms with van der Waals surface area (Å²) in [5, 5.41) is 2.94. The van der Waals surface area contributed by atoms with Gasteiger partial charge in [-0.2, -0.15) is 0 Å². The maximum Gasteiger partial charge on any atom is 0.255 e. The number of aryl methyl sites for hydroxylation is 2. The molecule has 118 valence electrons. The normalized spacial score (nSPS) is 12.9. The zero-order chi connectivity index (χ0) is 16.6. The van der Waals surface area contributed by atoms with E-state index in [0.717, 1.165) is 34.5 Å². The van der Waals surface area contributed by atoms with Crippen molar-refractivity contribution in [1.82, 2.24) is 0 Å². The van der Waals surface area contributed by atoms with E-state index in [9.17, 15) is 9.59 Å². The van der Waals surface area contributed by atoms with Gasteiger partial charge >= 0.3 is 0 Å². The standard InChI is InChI=1S/C19H20N2O2/c1-12-8-13(2)10-16(9-12)19(23)20-17-4-5-18-15(11-17)6-7-21(18)14(3)22/h4-5,8-11H,6-7H2,1-3H3,(H,20,23). The minimum atomic E-state index is -0.113. The third-order valence-electron chi connectivity index (χ3n) is 4.10. The van der Waals surface area contributed by atoms with E-state index in [1.807, 2.05) is 50.2 Å². The largest absolute Gasteiger partial charge is 0.322 e. The summed E-state index contributed by atoms with van der Waals surface area (Å²) in [6.07, 6.45) is 0.822. The molecule has 0 bridgehead atoms. The van der Waals surface area contributed by atoms with Gasteiger partial charge < -0.3 is 10.2 Å². The maximum atomic E-state index is 12.4. The van der Waals surface area contributed by atoms with E-state index < -0.39 is 0 Å². The SMILES string of the molecule is CC(=O)N1CCc2cc(NC(=O)c3cc(C)cc(C)c3)ccc21. The van der Waals surface area contributed by atoms with Gasteiger partial charge in [-0.3, -0.25) is 9.59 Å². The quantitative estimate of drug-likeness (QED) is 0.923. The molecule has 0 spiro atoms. The second-order valence-corrected chi connectivity index (χ2v) is 6.09. The van der Waals surface area contributed by atoms with Crippen LogP contribution in [0.2, 0.25) is 0 Å². The van der Waals surface area contributed by atoms with E-state index >= 15 is 0 Å². The van der Waals surface area contributed by atoms with Crippen LogP contribution in [0.3, 0.4) is 0 Å². The van der Waals surface area contributed by atoms with Crippen molar-refractivity contribution in [3.8, 4) is 0 Å². The number of carbonyl (C=O) groups excluding carboxylic acids is 2. The summed E-state index contributed by atoms with van der Waals surface area (Å²) in [6, 6.07) is 11.5. The predicted molar refractivity (Wildman–Crippen MR) is 92.0 cm³/mol. The van der Waals surface area contributed by atoms with Gasteiger partial charge in [0.1, 0.15) is 0 Å². The van der Waals surface area contributed by atoms with Crippen LogP contribution >= 0.6 is 0 Å². The summed E-state index contributed by atoms with van der Waals surface area (Å²) in [5.74, 6) is -0.0612. The van der Waals surface area contributed by atoms with Gasteiger partial charge in [0, 0.05) is 30.4 Å². The first-order valence-electron chi connectivity index (χ1n) is 7.75. The number of hydrogen-bond donors (Lipinski definition) is 1. The Hall–Kier alpha value is -2.62. The second-order valence-electron chi connectivity index (χ2n) is 6.09. The Morgan fingerprint density at radius 2 is 1.74 bits per heavy atom. The van der Waals surface area contributed by atoms with Crippen molar-refractivity contribution in [3.05, 3.63) is 58.7 Å². The molecule has 0 saturated carbocycles. The Balaban J connectivity index is 1.81. The van der Waals surface area contributed by atoms with Crippen LogP contribution in [-0.2, 0) is 11.2 Å². The average molecular weight is 308 g/mol. The molecule has 23 heavy (non-hydrogen) atoms. The minimum absolute atomic E-state index is 0.0516. The molecular formula is C19H20N2O2. The lowest BCUT2D eigenvalue weighted by Gasteiger charge is -2.15. The van der Waals surface area contributed by atoms with E-state index in [1.54, 1.807) is 11.8 Å². The van der Waals surface area contributed by atoms with Crippen LogP contribution in [0.25, 0.3) is 0 Å². The molecule has 2 amide bonds. The molecule has 0 radical (unpaired) electrons. The van der Waals surface area contributed by atoms with Crippen LogP contribution < -0.4 is 10.2 Å². The van der Waals surface area contributed by atoms with Gasteiger partial charge in [-0.1, -0.05) is 17.2 Å². The Morgan fingerprint density at radius 1 is 1.04 bits per heavy atom. The Morgan fingerprint density at radius 3 is 2.39 bits per heavy atom. The number of fused-ring (bicyclic) bond motifs is 1. The Labute approximate surface area is 136 Å². The molecular weight excluding hydrogens is 288 g/mol. The summed E-state index contributed by atoms with van der Waals surface area (Å²) in [5.41, 5.74) is 5.61. The van der Waals surface area contributed by atoms with Crippen molar-refractivity contribution in [2.75, 3.05) is 16.8 Å². The molecule has 0 fully saturated rings. The van der Waals surface area contributed by atoms with E-state index in [4.69, 9.17) is 0 Å². The first kappa shape index (κ1) is 15.3. The van der Waals surface area contributed by atoms with E-state index in [2.05, 4.69) is 5.32 Å². The van der Waals surface area contributed by atoms with Gasteiger partial charge in [0.05, 0.1) is 0 Å². The first-order valence-corrected chi connectivity index (χ1v) is 7.75. The molecule has 1 aliphatic rings. The highest BCUT2D eigenvalue weighted by molar-refractivity contribution is 6.05. The van der Waals surface area contributed by atoms with Crippen molar-refractivity contribution in [1.29, 1.82) is 0 Å². The maximum absolute atomic E-state index is 12.4. The fourth-order valence-electron chi connectivity index (χ4n) is 3.12. The van der Waals surface area contributed by atoms with Crippen molar-refractivity contribution in [2.24, 2.45) is 0 Å². The van der Waals surface area contributed by atoms with Gasteiger partial charge in [0.2, 0.25) is 5.91 Å². The summed E-state index contributed by atoms with van der Waals surface area (Å²) in [6.45, 7) is 6.25. The number of nitrogens with one attached hydrogen (secondary N) is 1. The second kappa shape index (κ2) is 5.88. The fraction of sp³-hybridized carbons (Fsp3) is 0.263. The van der Waals surface area contributed by atoms with E-state index in [1.165, 1.54) is 0 Å². The zero-order valence-electron chi connectivity index (χ0n) is 13.6. The molecule has 1 heterocycles. The fourth-order valence-corrected chi connectivity index (χ4v) is 3.12. The van der Waals surface area contributed by atoms with Crippen LogP contribution in [-0.4, -0.2) is 18.4 Å². The molecule has 0 saturated heterocycles. The number of anilines is 2. The number of benzene rings is 2. The molecule has 4 heteroatoms. The first-order chi connectivity index (χ1) is 10.9. The summed E-state index contributed by atoms with van der Waals surface area (Å²) >= 11 is 0. The summed E-state index contributed by atoms with van der Waals surface area (Å²) in [4.78, 5) is 25.8. The van der Waals surface area contributed by atoms with Crippen LogP contribution in [0, 0.1) is 13.8 Å². The zero-order valence-corrected chi connectivity index (χ0v) is 13.6. The number of amides is 2. The van der Waals surface area contributed by atoms with Crippen LogP contribution in [0.5, 0.6) is 0 Å². The number of hydrogen-bond acceptors (Lipinski definition) is 2. The van der Waals surface area contributed by atoms with Gasteiger partial charge in [0.15, 0.2) is 0 Å². The molecule has 4 nitrogen and oxygen atoms in total. The van der Waals surface area contributed by atoms with Gasteiger partial charge in [-0.05, 0) is 56.2 Å². The number of carbonyl (C=O) groups is 2. The molecule has 0 unspecified atom stereocenters. The summed E-state index contributed by atoms with van der Waals surface area (Å²) in [7, 11) is 0. The molecule has 0 atom stereocenters. The lowest BCUT2D eigenvalue weighted by molar-refractivity contribution is -0.116. The molecule has 2 aromatic carbocycles. The number of rotatable bonds is 2. The van der Waals surface area contributed by atoms with Crippen LogP contribution in [0.15, 0.2) is 36.4 Å². The molecule has 1 aliphatic heterocycles. The van der Waals surface area contributed by atoms with E-state index in [-0.39, 0.29) is 11.8 Å². The highest BCUT2D eigenvalue weighted by atomic mass is 16.2. The molecule has 0 aromatic heterocycles. The van der Waals surface area contributed by atoms with Gasteiger partial charge in [-0.15, -0.1) is 0 Å². The van der Waals surface area contributed by atoms with Crippen molar-refractivity contribution < 1.29 is 9.59 Å². The van der Waals surface area contributed by atoms with Crippen molar-refractivity contribution in [2.45, 2.75) is 27.2 Å². The van der Waals surface area contributed by atoms with Crippen molar-refractivity contribution in [3.63, 3.8) is 0 Å². The van der Waals surface area contributed by atoms with Crippen LogP contribution in [0.1, 0.15) is 34.0 Å². The Bertz CT molecular complexity index is 776. The minimum Gasteiger partial charge on any atom is -0.322 e. The third kappa shape index (κ3) is 3.11. The highest BCUT2D eigenvalue weighted by Crippen LogP contribution is 2.30. The third-order valence-corrected chi connectivity index (χ3v) is 4.10. The molecule has 1 N–H and O–H groups in total. The van der Waals surface area contributed by atoms with Gasteiger partial charge in [0.25, 0.3) is 5.91 Å². The van der Waals surface area contributed by atoms with Crippen LogP contribution in [0.4, 0.5) is 11.4 Å². The van der Waals surface area contributed by atoms with Gasteiger partial charge in [-0.25, -0.2) is 0 Å². The molecule has 3 rings (SSSR count). The van der Waals surface area contributed by atoms with E-state index in [0.29, 0.717) is 12.1 Å². The molecule has 2 aromatic rings. The Kier molecular flexibility index (Phi) is 3.90. The monoisotopic (exact) mass is 308 g/mol. The molecule has 0 aliphatic carbocycles. The smallest absolute Gasteiger partial charge is 0.255 e. The number of nitrogens with zero attached hydrogens (tertiary/aromatic N) is 1. The van der Waals surface area contributed by atoms with Crippen molar-refractivity contribution >= 4 is 23.2 Å². The lowest BCUT2D eigenvalue weighted by Crippen LogP contribution is -2.25. The average Bonchev–Trinajstić information content (AvgIpc) is 2.89. The predicted octanol–water partition coefficient (Wildman–Crippen LogP) is 3.46. The highest BCUT2D eigenvalue weighted by Gasteiger charge is 2.22. The summed E-state index contributed by atoms with van der Waals surface area (Å²) < 4.78 is 0. The topological polar surface area (TPSA) is 49.4 Å².